The van der Waals surface area contributed by atoms with Crippen molar-refractivity contribution in [1.29, 1.82) is 0 Å². The first-order chi connectivity index (χ1) is 53.1. The van der Waals surface area contributed by atoms with Gasteiger partial charge in [0.2, 0.25) is 11.8 Å². The Morgan fingerprint density at radius 1 is 0.393 bits per heavy atom. The molecule has 0 spiro atoms. The van der Waals surface area contributed by atoms with Crippen LogP contribution in [0.15, 0.2) is 180 Å². The van der Waals surface area contributed by atoms with Gasteiger partial charge in [0.05, 0.1) is 56.9 Å². The molecule has 10 N–H and O–H groups in total. The number of benzene rings is 10. The normalized spacial score (nSPS) is 12.7. The highest BCUT2D eigenvalue weighted by molar-refractivity contribution is 7.93. The molecule has 10 aromatic rings. The number of ketones is 2. The second-order valence-corrected chi connectivity index (χ2v) is 34.8. The van der Waals surface area contributed by atoms with Crippen molar-refractivity contribution < 1.29 is 65.9 Å². The van der Waals surface area contributed by atoms with Gasteiger partial charge in [0.1, 0.15) is 34.5 Å². The van der Waals surface area contributed by atoms with Crippen molar-refractivity contribution in [3.05, 3.63) is 237 Å². The first-order valence-electron chi connectivity index (χ1n) is 38.2. The number of phenolic OH excluding ortho intramolecular Hbond substituents is 4. The van der Waals surface area contributed by atoms with Crippen molar-refractivity contribution in [3.63, 3.8) is 0 Å². The molecule has 0 bridgehead atoms. The van der Waals surface area contributed by atoms with E-state index >= 15 is 0 Å². The van der Waals surface area contributed by atoms with Gasteiger partial charge in [-0.25, -0.2) is 16.8 Å². The summed E-state index contributed by atoms with van der Waals surface area (Å²) in [5.41, 5.74) is 6.12. The second kappa shape index (κ2) is 33.7. The van der Waals surface area contributed by atoms with Crippen LogP contribution in [0.1, 0.15) is 211 Å². The zero-order chi connectivity index (χ0) is 80.8. The molecule has 588 valence electrons. The SMILES string of the molecule is CCC(C)(C)c1ccc(OCCCC(=O)Nc2cc(NS(=O)(=O)c3ccc(CNCc4ccc(CNCc5ccc(S(=O)(=O)Nc6cc(NC(=O)CCCOc7ccc(C(C)(C)CC)cc7C(C)(C)CC)c(O)c7ccccc67)cc5)c5c4C(=O)c4c(O)ccc(O)c4C5=O)cc3)c3ccccc3c2O)c(C(C)(C)CC)c1. The summed E-state index contributed by atoms with van der Waals surface area (Å²) in [5, 5.41) is 58.4. The maximum Gasteiger partial charge on any atom is 0.261 e. The number of ether oxygens (including phenoxy) is 2. The van der Waals surface area contributed by atoms with Gasteiger partial charge in [-0.15, -0.1) is 0 Å². The van der Waals surface area contributed by atoms with Crippen LogP contribution < -0.4 is 40.2 Å². The Kier molecular flexibility index (Phi) is 24.7. The number of amides is 2. The van der Waals surface area contributed by atoms with Crippen LogP contribution in [-0.4, -0.2) is 73.9 Å². The van der Waals surface area contributed by atoms with Crippen LogP contribution in [0.25, 0.3) is 21.5 Å². The molecule has 10 aromatic carbocycles. The van der Waals surface area contributed by atoms with E-state index in [0.717, 1.165) is 60.4 Å². The molecule has 20 nitrogen and oxygen atoms in total. The van der Waals surface area contributed by atoms with E-state index < -0.39 is 54.9 Å². The predicted octanol–water partition coefficient (Wildman–Crippen LogP) is 18.1. The molecule has 0 aliphatic heterocycles. The van der Waals surface area contributed by atoms with Crippen molar-refractivity contribution in [1.82, 2.24) is 10.6 Å². The fraction of sp³-hybridized carbons (Fsp3) is 0.333. The van der Waals surface area contributed by atoms with E-state index in [2.05, 4.69) is 138 Å². The highest BCUT2D eigenvalue weighted by Crippen LogP contribution is 2.45. The van der Waals surface area contributed by atoms with Crippen LogP contribution in [0.2, 0.25) is 0 Å². The Bertz CT molecular complexity index is 5150. The average molecular weight is 1560 g/mol. The number of nitrogens with one attached hydrogen (secondary N) is 6. The molecule has 1 aliphatic carbocycles. The molecule has 0 heterocycles. The number of phenols is 4. The highest BCUT2D eigenvalue weighted by Gasteiger charge is 2.38. The molecule has 0 atom stereocenters. The first-order valence-corrected chi connectivity index (χ1v) is 41.2. The molecule has 0 fully saturated rings. The Morgan fingerprint density at radius 3 is 1.09 bits per heavy atom. The van der Waals surface area contributed by atoms with E-state index in [4.69, 9.17) is 9.47 Å². The molecular formula is C90H102N6O14S2. The molecule has 0 saturated carbocycles. The van der Waals surface area contributed by atoms with Crippen LogP contribution in [-0.2, 0) is 77.5 Å². The third-order valence-corrected chi connectivity index (χ3v) is 25.2. The fourth-order valence-corrected chi connectivity index (χ4v) is 15.9. The summed E-state index contributed by atoms with van der Waals surface area (Å²) < 4.78 is 74.6. The highest BCUT2D eigenvalue weighted by atomic mass is 32.2. The van der Waals surface area contributed by atoms with Gasteiger partial charge < -0.3 is 51.2 Å². The number of rotatable bonds is 34. The van der Waals surface area contributed by atoms with Crippen molar-refractivity contribution in [3.8, 4) is 34.5 Å². The molecule has 0 radical (unpaired) electrons. The van der Waals surface area contributed by atoms with E-state index in [1.165, 1.54) is 47.5 Å². The van der Waals surface area contributed by atoms with Crippen molar-refractivity contribution >= 4 is 87.7 Å². The lowest BCUT2D eigenvalue weighted by atomic mass is 9.76. The number of fused-ring (bicyclic) bond motifs is 4. The lowest BCUT2D eigenvalue weighted by Gasteiger charge is -2.30. The Hall–Kier alpha value is -10.8. The van der Waals surface area contributed by atoms with Gasteiger partial charge in [0.25, 0.3) is 20.0 Å². The van der Waals surface area contributed by atoms with Gasteiger partial charge in [-0.1, -0.05) is 192 Å². The number of hydrogen-bond donors (Lipinski definition) is 10. The second-order valence-electron chi connectivity index (χ2n) is 31.5. The maximum atomic E-state index is 14.6. The molecule has 22 heteroatoms. The predicted molar refractivity (Wildman–Crippen MR) is 443 cm³/mol. The number of anilines is 4. The third kappa shape index (κ3) is 17.9. The van der Waals surface area contributed by atoms with E-state index in [-0.39, 0.29) is 140 Å². The lowest BCUT2D eigenvalue weighted by molar-refractivity contribution is -0.117. The Balaban J connectivity index is 0.715. The minimum atomic E-state index is -4.27. The van der Waals surface area contributed by atoms with Gasteiger partial charge in [-0.2, -0.15) is 0 Å². The summed E-state index contributed by atoms with van der Waals surface area (Å²) in [6.45, 7) is 27.3. The smallest absolute Gasteiger partial charge is 0.261 e. The summed E-state index contributed by atoms with van der Waals surface area (Å²) in [7, 11) is -8.54. The van der Waals surface area contributed by atoms with Gasteiger partial charge in [0.15, 0.2) is 11.6 Å². The zero-order valence-corrected chi connectivity index (χ0v) is 67.4. The molecule has 0 unspecified atom stereocenters. The van der Waals surface area contributed by atoms with E-state index in [1.54, 1.807) is 84.9 Å². The van der Waals surface area contributed by atoms with Gasteiger partial charge in [-0.05, 0) is 154 Å². The fourth-order valence-electron chi connectivity index (χ4n) is 13.8. The molecular weight excluding hydrogens is 1450 g/mol. The number of hydrogen-bond acceptors (Lipinski definition) is 16. The molecule has 1 aliphatic rings. The lowest BCUT2D eigenvalue weighted by Crippen LogP contribution is -2.27. The van der Waals surface area contributed by atoms with Gasteiger partial charge in [0, 0.05) is 82.8 Å². The Morgan fingerprint density at radius 2 is 0.741 bits per heavy atom. The summed E-state index contributed by atoms with van der Waals surface area (Å²) in [6.07, 6.45) is 4.61. The minimum absolute atomic E-state index is 0.00996. The number of aromatic hydroxyl groups is 4. The van der Waals surface area contributed by atoms with E-state index in [9.17, 15) is 56.4 Å². The van der Waals surface area contributed by atoms with Crippen molar-refractivity contribution in [2.24, 2.45) is 0 Å². The van der Waals surface area contributed by atoms with Crippen molar-refractivity contribution in [2.45, 2.75) is 192 Å². The number of carbonyl (C=O) groups is 4. The quantitative estimate of drug-likeness (QED) is 0.0102. The van der Waals surface area contributed by atoms with E-state index in [0.29, 0.717) is 56.6 Å². The third-order valence-electron chi connectivity index (χ3n) is 22.4. The van der Waals surface area contributed by atoms with Gasteiger partial charge >= 0.3 is 0 Å². The summed E-state index contributed by atoms with van der Waals surface area (Å²) in [4.78, 5) is 56.0. The van der Waals surface area contributed by atoms with Crippen LogP contribution >= 0.6 is 0 Å². The van der Waals surface area contributed by atoms with Crippen LogP contribution in [0.4, 0.5) is 22.7 Å². The monoisotopic (exact) mass is 1550 g/mol. The number of sulfonamides is 2. The molecule has 0 aromatic heterocycles. The largest absolute Gasteiger partial charge is 0.507 e. The molecule has 112 heavy (non-hydrogen) atoms. The molecule has 11 rings (SSSR count). The standard InChI is InChI=1S/C90H102N6O14S2/c1-13-87(5,6)59-35-43-75(67(47-59)89(9,10)15-3)109-45-21-27-77(99)93-71-49-69(63-23-17-19-25-65(63)83(71)101)95-111(105,106)61-37-29-55(30-38-61)51-91-53-57-33-34-58(80-79(57)85(103)81-73(97)41-42-74(98)82(81)86(80)104)54-92-52-56-31-39-62(40-32-56)112(107,108)96-70-50-72(84(102)66-26-20-18-24-64(66)70)94-78(100)28-22-46-110-76-44-36-60(88(7,8)14-2)48-68(76)90(11,12)16-4/h17-20,23-26,29-44,47-50,91-92,95-98,101-102H,13-16,21-22,27-28,45-46,51-54H2,1-12H3,(H,93,99)(H,94,100). The zero-order valence-electron chi connectivity index (χ0n) is 65.8. The Labute approximate surface area is 656 Å². The van der Waals surface area contributed by atoms with Crippen LogP contribution in [0.5, 0.6) is 34.5 Å². The topological polar surface area (TPSA) is 308 Å². The first kappa shape index (κ1) is 82.2. The van der Waals surface area contributed by atoms with Crippen LogP contribution in [0, 0.1) is 0 Å². The summed E-state index contributed by atoms with van der Waals surface area (Å²) in [6, 6.07) is 46.7. The van der Waals surface area contributed by atoms with Crippen molar-refractivity contribution in [2.75, 3.05) is 33.3 Å². The maximum absolute atomic E-state index is 14.6. The van der Waals surface area contributed by atoms with Gasteiger partial charge in [-0.3, -0.25) is 28.6 Å². The molecule has 2 amide bonds. The summed E-state index contributed by atoms with van der Waals surface area (Å²) in [5.74, 6) is -2.06. The van der Waals surface area contributed by atoms with Crippen LogP contribution in [0.3, 0.4) is 0 Å². The minimum Gasteiger partial charge on any atom is -0.507 e. The molecule has 0 saturated heterocycles. The van der Waals surface area contributed by atoms with E-state index in [1.807, 2.05) is 12.1 Å². The summed E-state index contributed by atoms with van der Waals surface area (Å²) >= 11 is 0. The number of carbonyl (C=O) groups excluding carboxylic acids is 4. The average Bonchev–Trinajstić information content (AvgIpc) is 0.727.